The van der Waals surface area contributed by atoms with Crippen molar-refractivity contribution in [3.63, 3.8) is 0 Å². The molecule has 0 aliphatic carbocycles. The van der Waals surface area contributed by atoms with Crippen LogP contribution >= 0.6 is 22.9 Å². The highest BCUT2D eigenvalue weighted by atomic mass is 35.5. The van der Waals surface area contributed by atoms with Crippen LogP contribution in [0.4, 0.5) is 15.9 Å². The predicted octanol–water partition coefficient (Wildman–Crippen LogP) is 7.48. The first-order valence-corrected chi connectivity index (χ1v) is 17.9. The molecule has 6 rings (SSSR count). The summed E-state index contributed by atoms with van der Waals surface area (Å²) in [5.74, 6) is 1.36. The molecular weight excluding hydrogens is 673 g/mol. The molecule has 0 fully saturated rings. The Morgan fingerprint density at radius 1 is 0.938 bits per heavy atom. The average molecular weight is 704 g/mol. The molecule has 4 aromatic carbocycles. The van der Waals surface area contributed by atoms with Crippen molar-refractivity contribution in [3.8, 4) is 22.8 Å². The maximum atomic E-state index is 13.5. The zero-order chi connectivity index (χ0) is 33.5. The second-order valence-corrected chi connectivity index (χ2v) is 14.2. The van der Waals surface area contributed by atoms with Crippen LogP contribution in [0.2, 0.25) is 5.02 Å². The zero-order valence-corrected chi connectivity index (χ0v) is 28.2. The lowest BCUT2D eigenvalue weighted by molar-refractivity contribution is 0.306. The van der Waals surface area contributed by atoms with Crippen LogP contribution in [0.3, 0.4) is 0 Å². The van der Waals surface area contributed by atoms with Gasteiger partial charge in [-0.15, -0.1) is 11.3 Å². The van der Waals surface area contributed by atoms with E-state index in [2.05, 4.69) is 20.6 Å². The molecule has 0 spiro atoms. The van der Waals surface area contributed by atoms with Crippen molar-refractivity contribution in [1.82, 2.24) is 20.3 Å². The molecule has 2 aromatic heterocycles. The van der Waals surface area contributed by atoms with Gasteiger partial charge in [-0.05, 0) is 54.1 Å². The van der Waals surface area contributed by atoms with Crippen LogP contribution in [-0.2, 0) is 22.9 Å². The first kappa shape index (κ1) is 33.3. The SMILES string of the molecule is COc1cc2ncnc(Nc3ccc(OCc4cccc(F)c4)c(Cl)c3)c2cc1-c1csc(CCNCCS(=O)(=O)c2ccccc2)n1. The van der Waals surface area contributed by atoms with E-state index in [-0.39, 0.29) is 18.2 Å². The Bertz CT molecular complexity index is 2150. The number of hydrogen-bond acceptors (Lipinski definition) is 10. The van der Waals surface area contributed by atoms with Gasteiger partial charge in [-0.25, -0.2) is 27.8 Å². The number of fused-ring (bicyclic) bond motifs is 1. The van der Waals surface area contributed by atoms with Gasteiger partial charge < -0.3 is 20.1 Å². The highest BCUT2D eigenvalue weighted by molar-refractivity contribution is 7.91. The van der Waals surface area contributed by atoms with E-state index in [1.807, 2.05) is 23.6 Å². The van der Waals surface area contributed by atoms with Gasteiger partial charge >= 0.3 is 0 Å². The number of sulfone groups is 1. The number of nitrogens with one attached hydrogen (secondary N) is 2. The molecular formula is C35H31ClFN5O4S2. The number of benzene rings is 4. The minimum Gasteiger partial charge on any atom is -0.496 e. The van der Waals surface area contributed by atoms with Crippen molar-refractivity contribution in [1.29, 1.82) is 0 Å². The van der Waals surface area contributed by atoms with Gasteiger partial charge in [-0.1, -0.05) is 41.9 Å². The van der Waals surface area contributed by atoms with Crippen LogP contribution in [0.5, 0.6) is 11.5 Å². The number of rotatable bonds is 14. The molecule has 0 atom stereocenters. The first-order valence-electron chi connectivity index (χ1n) is 15.0. The maximum Gasteiger partial charge on any atom is 0.179 e. The van der Waals surface area contributed by atoms with Crippen LogP contribution in [0.1, 0.15) is 10.6 Å². The topological polar surface area (TPSA) is 115 Å². The Labute approximate surface area is 286 Å². The third kappa shape index (κ3) is 8.08. The molecule has 0 aliphatic heterocycles. The minimum atomic E-state index is -3.33. The van der Waals surface area contributed by atoms with E-state index in [4.69, 9.17) is 26.1 Å². The second kappa shape index (κ2) is 15.1. The van der Waals surface area contributed by atoms with E-state index in [9.17, 15) is 12.8 Å². The fraction of sp³-hybridized carbons (Fsp3) is 0.171. The quantitative estimate of drug-likeness (QED) is 0.111. The molecule has 2 N–H and O–H groups in total. The molecule has 0 bridgehead atoms. The number of halogens is 2. The van der Waals surface area contributed by atoms with Crippen LogP contribution in [-0.4, -0.2) is 49.3 Å². The van der Waals surface area contributed by atoms with E-state index < -0.39 is 9.84 Å². The van der Waals surface area contributed by atoms with Crippen molar-refractivity contribution in [2.24, 2.45) is 0 Å². The lowest BCUT2D eigenvalue weighted by atomic mass is 10.1. The molecule has 48 heavy (non-hydrogen) atoms. The smallest absolute Gasteiger partial charge is 0.179 e. The molecule has 0 saturated heterocycles. The molecule has 9 nitrogen and oxygen atoms in total. The van der Waals surface area contributed by atoms with Crippen molar-refractivity contribution < 1.29 is 22.3 Å². The van der Waals surface area contributed by atoms with Gasteiger partial charge in [-0.3, -0.25) is 0 Å². The van der Waals surface area contributed by atoms with E-state index >= 15 is 0 Å². The largest absolute Gasteiger partial charge is 0.496 e. The van der Waals surface area contributed by atoms with Crippen LogP contribution < -0.4 is 20.1 Å². The lowest BCUT2D eigenvalue weighted by Gasteiger charge is -2.13. The van der Waals surface area contributed by atoms with Crippen LogP contribution in [0, 0.1) is 5.82 Å². The average Bonchev–Trinajstić information content (AvgIpc) is 3.56. The van der Waals surface area contributed by atoms with E-state index in [1.54, 1.807) is 61.7 Å². The summed E-state index contributed by atoms with van der Waals surface area (Å²) in [5.41, 5.74) is 3.60. The fourth-order valence-electron chi connectivity index (χ4n) is 4.99. The number of anilines is 2. The van der Waals surface area contributed by atoms with Gasteiger partial charge in [0.25, 0.3) is 0 Å². The van der Waals surface area contributed by atoms with Gasteiger partial charge in [0.05, 0.1) is 39.0 Å². The molecule has 0 radical (unpaired) electrons. The molecule has 0 saturated carbocycles. The van der Waals surface area contributed by atoms with E-state index in [0.29, 0.717) is 63.5 Å². The Morgan fingerprint density at radius 2 is 1.79 bits per heavy atom. The Morgan fingerprint density at radius 3 is 2.58 bits per heavy atom. The third-order valence-electron chi connectivity index (χ3n) is 7.43. The first-order chi connectivity index (χ1) is 23.3. The van der Waals surface area contributed by atoms with Crippen molar-refractivity contribution >= 4 is 55.2 Å². The van der Waals surface area contributed by atoms with Crippen molar-refractivity contribution in [3.05, 3.63) is 118 Å². The molecule has 0 amide bonds. The summed E-state index contributed by atoms with van der Waals surface area (Å²) >= 11 is 8.06. The number of hydrogen-bond donors (Lipinski definition) is 2. The molecule has 13 heteroatoms. The Hall–Kier alpha value is -4.62. The standard InChI is InChI=1S/C35H31ClFN5O4S2/c1-45-33-19-30-28(18-27(33)31-21-47-34(42-31)12-13-38-14-15-48(43,44)26-8-3-2-4-9-26)35(40-22-39-30)41-25-10-11-32(29(36)17-25)46-20-23-6-5-7-24(37)16-23/h2-11,16-19,21-22,38H,12-15,20H2,1H3,(H,39,40,41). The summed E-state index contributed by atoms with van der Waals surface area (Å²) in [7, 11) is -1.73. The second-order valence-electron chi connectivity index (χ2n) is 10.7. The van der Waals surface area contributed by atoms with Gasteiger partial charge in [0, 0.05) is 47.6 Å². The van der Waals surface area contributed by atoms with Crippen molar-refractivity contribution in [2.45, 2.75) is 17.9 Å². The highest BCUT2D eigenvalue weighted by Gasteiger charge is 2.16. The molecule has 2 heterocycles. The van der Waals surface area contributed by atoms with Gasteiger partial charge in [0.1, 0.15) is 36.1 Å². The number of aromatic nitrogens is 3. The minimum absolute atomic E-state index is 0.0214. The Balaban J connectivity index is 1.13. The highest BCUT2D eigenvalue weighted by Crippen LogP contribution is 2.37. The number of thiazole rings is 1. The van der Waals surface area contributed by atoms with Crippen LogP contribution in [0.25, 0.3) is 22.2 Å². The Kier molecular flexibility index (Phi) is 10.5. The molecule has 0 unspecified atom stereocenters. The monoisotopic (exact) mass is 703 g/mol. The normalized spacial score (nSPS) is 11.5. The van der Waals surface area contributed by atoms with Gasteiger partial charge in [0.15, 0.2) is 9.84 Å². The van der Waals surface area contributed by atoms with E-state index in [1.165, 1.54) is 29.8 Å². The third-order valence-corrected chi connectivity index (χ3v) is 10.4. The summed E-state index contributed by atoms with van der Waals surface area (Å²) in [6.45, 7) is 1.12. The summed E-state index contributed by atoms with van der Waals surface area (Å²) in [4.78, 5) is 14.1. The summed E-state index contributed by atoms with van der Waals surface area (Å²) in [6, 6.07) is 23.8. The fourth-order valence-corrected chi connectivity index (χ4v) is 7.25. The van der Waals surface area contributed by atoms with E-state index in [0.717, 1.165) is 21.7 Å². The summed E-state index contributed by atoms with van der Waals surface area (Å²) < 4.78 is 50.1. The van der Waals surface area contributed by atoms with Crippen LogP contribution in [0.15, 0.2) is 102 Å². The summed E-state index contributed by atoms with van der Waals surface area (Å²) in [6.07, 6.45) is 2.12. The number of nitrogens with zero attached hydrogens (tertiary/aromatic N) is 3. The molecule has 0 aliphatic rings. The number of ether oxygens (including phenoxy) is 2. The van der Waals surface area contributed by atoms with Gasteiger partial charge in [0.2, 0.25) is 0 Å². The number of methoxy groups -OCH3 is 1. The lowest BCUT2D eigenvalue weighted by Crippen LogP contribution is -2.25. The van der Waals surface area contributed by atoms with Crippen molar-refractivity contribution in [2.75, 3.05) is 31.3 Å². The molecule has 6 aromatic rings. The summed E-state index contributed by atoms with van der Waals surface area (Å²) in [5, 5.41) is 10.6. The predicted molar refractivity (Wildman–Crippen MR) is 188 cm³/mol. The van der Waals surface area contributed by atoms with Gasteiger partial charge in [-0.2, -0.15) is 0 Å². The maximum absolute atomic E-state index is 13.5. The molecule has 246 valence electrons. The zero-order valence-electron chi connectivity index (χ0n) is 25.8.